The van der Waals surface area contributed by atoms with Crippen LogP contribution in [0.4, 0.5) is 5.82 Å². The molecule has 1 fully saturated rings. The van der Waals surface area contributed by atoms with Crippen molar-refractivity contribution in [3.05, 3.63) is 88.6 Å². The molecule has 1 aliphatic heterocycles. The molecule has 1 amide bonds. The molecule has 0 unspecified atom stereocenters. The van der Waals surface area contributed by atoms with Gasteiger partial charge in [-0.25, -0.2) is 9.97 Å². The second kappa shape index (κ2) is 9.68. The largest absolute Gasteiger partial charge is 0.384 e. The summed E-state index contributed by atoms with van der Waals surface area (Å²) in [5.41, 5.74) is 9.59. The highest BCUT2D eigenvalue weighted by molar-refractivity contribution is 5.94. The van der Waals surface area contributed by atoms with Gasteiger partial charge in [0.2, 0.25) is 0 Å². The summed E-state index contributed by atoms with van der Waals surface area (Å²) in [6, 6.07) is 16.8. The Balaban J connectivity index is 1.35. The van der Waals surface area contributed by atoms with E-state index in [1.165, 1.54) is 0 Å². The molecule has 3 heterocycles. The number of amides is 1. The van der Waals surface area contributed by atoms with Gasteiger partial charge in [-0.1, -0.05) is 18.2 Å². The maximum Gasteiger partial charge on any atom is 0.261 e. The number of nitrogen functional groups attached to an aromatic ring is 1. The minimum atomic E-state index is -0.128. The van der Waals surface area contributed by atoms with Crippen molar-refractivity contribution in [1.29, 1.82) is 0 Å². The molecule has 3 N–H and O–H groups in total. The van der Waals surface area contributed by atoms with Gasteiger partial charge in [0.05, 0.1) is 23.8 Å². The Morgan fingerprint density at radius 1 is 1.06 bits per heavy atom. The van der Waals surface area contributed by atoms with Crippen molar-refractivity contribution in [2.45, 2.75) is 25.4 Å². The van der Waals surface area contributed by atoms with Gasteiger partial charge < -0.3 is 16.0 Å². The number of hydrogen-bond acceptors (Lipinski definition) is 6. The van der Waals surface area contributed by atoms with Crippen molar-refractivity contribution in [3.63, 3.8) is 0 Å². The molecule has 2 aromatic heterocycles. The monoisotopic (exact) mass is 468 g/mol. The van der Waals surface area contributed by atoms with E-state index in [1.54, 1.807) is 29.2 Å². The van der Waals surface area contributed by atoms with Crippen molar-refractivity contribution < 1.29 is 4.79 Å². The number of piperidine rings is 1. The minimum absolute atomic E-state index is 0.0744. The number of aromatic nitrogens is 3. The number of carbonyl (C=O) groups excluding carboxylic acids is 1. The lowest BCUT2D eigenvalue weighted by Crippen LogP contribution is -2.43. The van der Waals surface area contributed by atoms with E-state index in [1.807, 2.05) is 42.5 Å². The van der Waals surface area contributed by atoms with Crippen LogP contribution in [0.25, 0.3) is 22.0 Å². The van der Waals surface area contributed by atoms with Crippen LogP contribution in [0.5, 0.6) is 0 Å². The maximum atomic E-state index is 13.2. The quantitative estimate of drug-likeness (QED) is 0.467. The number of hydrogen-bond donors (Lipinski definition) is 2. The smallest absolute Gasteiger partial charge is 0.261 e. The zero-order valence-corrected chi connectivity index (χ0v) is 19.6. The Labute approximate surface area is 203 Å². The molecule has 0 atom stereocenters. The van der Waals surface area contributed by atoms with E-state index in [2.05, 4.69) is 27.2 Å². The number of rotatable bonds is 5. The molecule has 4 aromatic rings. The highest BCUT2D eigenvalue weighted by atomic mass is 16.1. The summed E-state index contributed by atoms with van der Waals surface area (Å²) in [4.78, 5) is 36.8. The van der Waals surface area contributed by atoms with Gasteiger partial charge >= 0.3 is 0 Å². The lowest BCUT2D eigenvalue weighted by Gasteiger charge is -2.29. The number of likely N-dealkylation sites (tertiary alicyclic amines) is 1. The molecule has 1 saturated heterocycles. The van der Waals surface area contributed by atoms with Gasteiger partial charge in [-0.3, -0.25) is 14.2 Å². The van der Waals surface area contributed by atoms with Crippen LogP contribution < -0.4 is 16.6 Å². The van der Waals surface area contributed by atoms with E-state index in [0.717, 1.165) is 42.6 Å². The van der Waals surface area contributed by atoms with Crippen LogP contribution in [-0.2, 0) is 6.54 Å². The minimum Gasteiger partial charge on any atom is -0.384 e. The van der Waals surface area contributed by atoms with Gasteiger partial charge in [-0.15, -0.1) is 0 Å². The summed E-state index contributed by atoms with van der Waals surface area (Å²) in [6.45, 7) is 2.31. The molecule has 2 aromatic carbocycles. The first kappa shape index (κ1) is 22.7. The summed E-state index contributed by atoms with van der Waals surface area (Å²) in [5, 5.41) is 3.68. The molecule has 1 aliphatic rings. The molecule has 178 valence electrons. The number of nitrogens with zero attached hydrogens (tertiary/aromatic N) is 4. The fraction of sp³-hybridized carbons (Fsp3) is 0.259. The third kappa shape index (κ3) is 5.07. The molecule has 35 heavy (non-hydrogen) atoms. The number of nitrogens with one attached hydrogen (secondary N) is 1. The fourth-order valence-electron chi connectivity index (χ4n) is 4.51. The third-order valence-corrected chi connectivity index (χ3v) is 6.54. The number of pyridine rings is 1. The second-order valence-corrected chi connectivity index (χ2v) is 9.13. The number of benzene rings is 2. The van der Waals surface area contributed by atoms with Crippen molar-refractivity contribution in [2.75, 3.05) is 25.9 Å². The molecule has 0 aliphatic carbocycles. The molecule has 8 nitrogen and oxygen atoms in total. The van der Waals surface area contributed by atoms with Crippen molar-refractivity contribution in [3.8, 4) is 11.1 Å². The Kier molecular flexibility index (Phi) is 6.29. The summed E-state index contributed by atoms with van der Waals surface area (Å²) in [5.74, 6) is 0.364. The fourth-order valence-corrected chi connectivity index (χ4v) is 4.51. The van der Waals surface area contributed by atoms with E-state index < -0.39 is 0 Å². The first-order chi connectivity index (χ1) is 17.0. The molecule has 8 heteroatoms. The average Bonchev–Trinajstić information content (AvgIpc) is 2.87. The van der Waals surface area contributed by atoms with Gasteiger partial charge in [0.1, 0.15) is 5.82 Å². The molecule has 0 radical (unpaired) electrons. The van der Waals surface area contributed by atoms with Crippen molar-refractivity contribution in [1.82, 2.24) is 24.8 Å². The third-order valence-electron chi connectivity index (χ3n) is 6.54. The topological polar surface area (TPSA) is 106 Å². The van der Waals surface area contributed by atoms with Crippen LogP contribution in [0.1, 0.15) is 28.8 Å². The molecule has 0 spiro atoms. The number of anilines is 1. The standard InChI is InChI=1S/C27H28N6O2/c1-32-11-8-22(9-12-32)31-26(34)21-4-2-3-18(13-21)16-33-17-30-24-14-19(5-6-23(24)27(33)35)20-7-10-29-25(28)15-20/h2-7,10,13-15,17,22H,8-9,11-12,16H2,1H3,(H2,28,29)(H,31,34). The van der Waals surface area contributed by atoms with E-state index in [9.17, 15) is 9.59 Å². The lowest BCUT2D eigenvalue weighted by molar-refractivity contribution is 0.0916. The number of fused-ring (bicyclic) bond motifs is 1. The van der Waals surface area contributed by atoms with E-state index >= 15 is 0 Å². The van der Waals surface area contributed by atoms with E-state index in [0.29, 0.717) is 28.8 Å². The average molecular weight is 469 g/mol. The predicted octanol–water partition coefficient (Wildman–Crippen LogP) is 2.91. The Hall–Kier alpha value is -4.04. The van der Waals surface area contributed by atoms with Crippen LogP contribution >= 0.6 is 0 Å². The van der Waals surface area contributed by atoms with Crippen LogP contribution in [0.15, 0.2) is 71.9 Å². The Bertz CT molecular complexity index is 1440. The lowest BCUT2D eigenvalue weighted by atomic mass is 10.0. The molecular weight excluding hydrogens is 440 g/mol. The van der Waals surface area contributed by atoms with Crippen molar-refractivity contribution in [2.24, 2.45) is 0 Å². The summed E-state index contributed by atoms with van der Waals surface area (Å²) in [6.07, 6.45) is 5.12. The molecule has 0 saturated carbocycles. The van der Waals surface area contributed by atoms with Crippen LogP contribution in [0.3, 0.4) is 0 Å². The molecule has 5 rings (SSSR count). The maximum absolute atomic E-state index is 13.2. The van der Waals surface area contributed by atoms with Gasteiger partial charge in [0.25, 0.3) is 11.5 Å². The second-order valence-electron chi connectivity index (χ2n) is 9.13. The Morgan fingerprint density at radius 2 is 1.86 bits per heavy atom. The normalized spacial score (nSPS) is 14.8. The summed E-state index contributed by atoms with van der Waals surface area (Å²) < 4.78 is 1.57. The number of carbonyl (C=O) groups is 1. The first-order valence-corrected chi connectivity index (χ1v) is 11.8. The summed E-state index contributed by atoms with van der Waals surface area (Å²) in [7, 11) is 2.10. The number of nitrogens with two attached hydrogens (primary N) is 1. The van der Waals surface area contributed by atoms with E-state index in [-0.39, 0.29) is 17.5 Å². The van der Waals surface area contributed by atoms with Crippen LogP contribution in [-0.4, -0.2) is 51.5 Å². The zero-order chi connectivity index (χ0) is 24.4. The van der Waals surface area contributed by atoms with Crippen LogP contribution in [0.2, 0.25) is 0 Å². The SMILES string of the molecule is CN1CCC(NC(=O)c2cccc(Cn3cnc4cc(-c5ccnc(N)c5)ccc4c3=O)c2)CC1. The van der Waals surface area contributed by atoms with Gasteiger partial charge in [0, 0.05) is 17.8 Å². The molecule has 0 bridgehead atoms. The van der Waals surface area contributed by atoms with Gasteiger partial charge in [-0.05, 0) is 86.1 Å². The highest BCUT2D eigenvalue weighted by Gasteiger charge is 2.19. The van der Waals surface area contributed by atoms with Crippen molar-refractivity contribution >= 4 is 22.6 Å². The summed E-state index contributed by atoms with van der Waals surface area (Å²) >= 11 is 0. The van der Waals surface area contributed by atoms with Gasteiger partial charge in [-0.2, -0.15) is 0 Å². The van der Waals surface area contributed by atoms with Gasteiger partial charge in [0.15, 0.2) is 0 Å². The predicted molar refractivity (Wildman–Crippen MR) is 137 cm³/mol. The molecular formula is C27H28N6O2. The Morgan fingerprint density at radius 3 is 2.66 bits per heavy atom. The van der Waals surface area contributed by atoms with E-state index in [4.69, 9.17) is 5.73 Å². The highest BCUT2D eigenvalue weighted by Crippen LogP contribution is 2.23. The van der Waals surface area contributed by atoms with Crippen LogP contribution in [0, 0.1) is 0 Å². The first-order valence-electron chi connectivity index (χ1n) is 11.8. The zero-order valence-electron chi connectivity index (χ0n) is 19.6.